The molecule has 1 aliphatic rings. The number of hydrogen-bond acceptors (Lipinski definition) is 3. The maximum absolute atomic E-state index is 12.8. The number of likely N-dealkylation sites (N-methyl/N-ethyl adjacent to an activating group) is 1. The van der Waals surface area contributed by atoms with Gasteiger partial charge in [-0.05, 0) is 24.0 Å². The zero-order valence-electron chi connectivity index (χ0n) is 15.0. The number of hydrogen-bond donors (Lipinski definition) is 0. The highest BCUT2D eigenvalue weighted by molar-refractivity contribution is 5.86. The highest BCUT2D eigenvalue weighted by Gasteiger charge is 2.36. The summed E-state index contributed by atoms with van der Waals surface area (Å²) >= 11 is 0. The normalized spacial score (nSPS) is 16.3. The molecule has 5 heteroatoms. The molecule has 1 unspecified atom stereocenters. The molecule has 1 atom stereocenters. The van der Waals surface area contributed by atoms with Crippen molar-refractivity contribution in [1.82, 2.24) is 9.80 Å². The molecule has 0 spiro atoms. The van der Waals surface area contributed by atoms with Crippen LogP contribution in [0.15, 0.2) is 60.7 Å². The molecule has 0 aliphatic carbocycles. The smallest absolute Gasteiger partial charge is 0.410 e. The minimum atomic E-state index is -0.438. The van der Waals surface area contributed by atoms with Crippen molar-refractivity contribution in [2.24, 2.45) is 0 Å². The van der Waals surface area contributed by atoms with Gasteiger partial charge in [-0.3, -0.25) is 9.69 Å². The number of ether oxygens (including phenoxy) is 1. The van der Waals surface area contributed by atoms with Gasteiger partial charge in [0, 0.05) is 20.1 Å². The Hall–Kier alpha value is -2.82. The number of nitrogens with zero attached hydrogens (tertiary/aromatic N) is 2. The van der Waals surface area contributed by atoms with E-state index in [1.807, 2.05) is 60.7 Å². The van der Waals surface area contributed by atoms with Crippen LogP contribution in [-0.4, -0.2) is 41.4 Å². The van der Waals surface area contributed by atoms with Crippen LogP contribution in [0.25, 0.3) is 0 Å². The first-order valence-corrected chi connectivity index (χ1v) is 8.91. The summed E-state index contributed by atoms with van der Waals surface area (Å²) in [6.45, 7) is 1.31. The van der Waals surface area contributed by atoms with Crippen molar-refractivity contribution in [2.45, 2.75) is 32.0 Å². The molecule has 1 saturated heterocycles. The van der Waals surface area contributed by atoms with Crippen LogP contribution in [0.1, 0.15) is 24.0 Å². The Kier molecular flexibility index (Phi) is 5.89. The van der Waals surface area contributed by atoms with E-state index in [2.05, 4.69) is 0 Å². The fourth-order valence-corrected chi connectivity index (χ4v) is 3.23. The lowest BCUT2D eigenvalue weighted by atomic mass is 10.1. The van der Waals surface area contributed by atoms with E-state index in [1.54, 1.807) is 16.8 Å². The highest BCUT2D eigenvalue weighted by atomic mass is 16.6. The molecular weight excluding hydrogens is 328 g/mol. The summed E-state index contributed by atoms with van der Waals surface area (Å²) in [6, 6.07) is 19.0. The average Bonchev–Trinajstić information content (AvgIpc) is 3.17. The SMILES string of the molecule is CN(Cc1ccccc1)C(=O)C1CCCN1C(=O)OCc1ccccc1. The summed E-state index contributed by atoms with van der Waals surface area (Å²) < 4.78 is 5.41. The van der Waals surface area contributed by atoms with Gasteiger partial charge in [0.1, 0.15) is 12.6 Å². The molecule has 26 heavy (non-hydrogen) atoms. The summed E-state index contributed by atoms with van der Waals surface area (Å²) in [5.41, 5.74) is 2.00. The number of amides is 2. The summed E-state index contributed by atoms with van der Waals surface area (Å²) in [5.74, 6) is -0.0389. The van der Waals surface area contributed by atoms with Crippen molar-refractivity contribution in [3.63, 3.8) is 0 Å². The van der Waals surface area contributed by atoms with Crippen molar-refractivity contribution < 1.29 is 14.3 Å². The Labute approximate surface area is 154 Å². The minimum absolute atomic E-state index is 0.0389. The molecule has 0 saturated carbocycles. The van der Waals surface area contributed by atoms with Gasteiger partial charge in [0.2, 0.25) is 5.91 Å². The van der Waals surface area contributed by atoms with Gasteiger partial charge < -0.3 is 9.64 Å². The molecule has 0 radical (unpaired) electrons. The van der Waals surface area contributed by atoms with Crippen molar-refractivity contribution >= 4 is 12.0 Å². The van der Waals surface area contributed by atoms with Crippen LogP contribution in [0.2, 0.25) is 0 Å². The van der Waals surface area contributed by atoms with E-state index in [0.717, 1.165) is 17.5 Å². The minimum Gasteiger partial charge on any atom is -0.445 e. The molecule has 0 N–H and O–H groups in total. The van der Waals surface area contributed by atoms with Gasteiger partial charge in [0.15, 0.2) is 0 Å². The molecule has 0 aromatic heterocycles. The molecular formula is C21H24N2O3. The van der Waals surface area contributed by atoms with E-state index in [1.165, 1.54) is 0 Å². The van der Waals surface area contributed by atoms with Gasteiger partial charge in [0.25, 0.3) is 0 Å². The molecule has 2 amide bonds. The first-order chi connectivity index (χ1) is 12.6. The van der Waals surface area contributed by atoms with E-state index in [-0.39, 0.29) is 12.5 Å². The number of likely N-dealkylation sites (tertiary alicyclic amines) is 1. The maximum Gasteiger partial charge on any atom is 0.410 e. The van der Waals surface area contributed by atoms with Crippen molar-refractivity contribution in [1.29, 1.82) is 0 Å². The molecule has 136 valence electrons. The third-order valence-electron chi connectivity index (χ3n) is 4.62. The molecule has 3 rings (SSSR count). The molecule has 1 aliphatic heterocycles. The number of carbonyl (C=O) groups is 2. The quantitative estimate of drug-likeness (QED) is 0.828. The largest absolute Gasteiger partial charge is 0.445 e. The second-order valence-electron chi connectivity index (χ2n) is 6.57. The van der Waals surface area contributed by atoms with E-state index >= 15 is 0 Å². The van der Waals surface area contributed by atoms with Crippen LogP contribution in [0.3, 0.4) is 0 Å². The topological polar surface area (TPSA) is 49.9 Å². The lowest BCUT2D eigenvalue weighted by Gasteiger charge is -2.27. The Morgan fingerprint density at radius 2 is 1.65 bits per heavy atom. The lowest BCUT2D eigenvalue weighted by molar-refractivity contribution is -0.134. The fraction of sp³-hybridized carbons (Fsp3) is 0.333. The Morgan fingerprint density at radius 1 is 1.04 bits per heavy atom. The lowest BCUT2D eigenvalue weighted by Crippen LogP contribution is -2.46. The second-order valence-corrected chi connectivity index (χ2v) is 6.57. The van der Waals surface area contributed by atoms with Gasteiger partial charge in [0.05, 0.1) is 0 Å². The van der Waals surface area contributed by atoms with Crippen LogP contribution in [0.5, 0.6) is 0 Å². The number of rotatable bonds is 5. The number of carbonyl (C=O) groups excluding carboxylic acids is 2. The molecule has 2 aromatic rings. The summed E-state index contributed by atoms with van der Waals surface area (Å²) in [5, 5.41) is 0. The fourth-order valence-electron chi connectivity index (χ4n) is 3.23. The molecule has 1 heterocycles. The Balaban J connectivity index is 1.58. The summed E-state index contributed by atoms with van der Waals surface area (Å²) in [6.07, 6.45) is 1.08. The monoisotopic (exact) mass is 352 g/mol. The van der Waals surface area contributed by atoms with Gasteiger partial charge in [-0.1, -0.05) is 60.7 Å². The van der Waals surface area contributed by atoms with Gasteiger partial charge in [-0.2, -0.15) is 0 Å². The van der Waals surface area contributed by atoms with E-state index < -0.39 is 12.1 Å². The van der Waals surface area contributed by atoms with Crippen molar-refractivity contribution in [3.05, 3.63) is 71.8 Å². The third-order valence-corrected chi connectivity index (χ3v) is 4.62. The van der Waals surface area contributed by atoms with E-state index in [4.69, 9.17) is 4.74 Å². The van der Waals surface area contributed by atoms with Gasteiger partial charge >= 0.3 is 6.09 Å². The summed E-state index contributed by atoms with van der Waals surface area (Å²) in [7, 11) is 1.78. The predicted octanol–water partition coefficient (Wildman–Crippen LogP) is 3.45. The van der Waals surface area contributed by atoms with Crippen molar-refractivity contribution in [2.75, 3.05) is 13.6 Å². The van der Waals surface area contributed by atoms with Crippen LogP contribution >= 0.6 is 0 Å². The third kappa shape index (κ3) is 4.42. The molecule has 0 bridgehead atoms. The average molecular weight is 352 g/mol. The highest BCUT2D eigenvalue weighted by Crippen LogP contribution is 2.21. The van der Waals surface area contributed by atoms with Crippen LogP contribution in [0, 0.1) is 0 Å². The van der Waals surface area contributed by atoms with Crippen molar-refractivity contribution in [3.8, 4) is 0 Å². The Bertz CT molecular complexity index is 733. The van der Waals surface area contributed by atoms with E-state index in [0.29, 0.717) is 19.5 Å². The number of benzene rings is 2. The first kappa shape index (κ1) is 18.0. The standard InChI is InChI=1S/C21H24N2O3/c1-22(15-17-9-4-2-5-10-17)20(24)19-13-8-14-23(19)21(25)26-16-18-11-6-3-7-12-18/h2-7,9-12,19H,8,13-16H2,1H3. The summed E-state index contributed by atoms with van der Waals surface area (Å²) in [4.78, 5) is 28.5. The van der Waals surface area contributed by atoms with Gasteiger partial charge in [-0.15, -0.1) is 0 Å². The zero-order valence-corrected chi connectivity index (χ0v) is 15.0. The van der Waals surface area contributed by atoms with Crippen LogP contribution < -0.4 is 0 Å². The zero-order chi connectivity index (χ0) is 18.4. The predicted molar refractivity (Wildman–Crippen MR) is 99.3 cm³/mol. The Morgan fingerprint density at radius 3 is 2.31 bits per heavy atom. The molecule has 5 nitrogen and oxygen atoms in total. The molecule has 1 fully saturated rings. The maximum atomic E-state index is 12.8. The van der Waals surface area contributed by atoms with Crippen LogP contribution in [0.4, 0.5) is 4.79 Å². The second kappa shape index (κ2) is 8.52. The molecule has 2 aromatic carbocycles. The van der Waals surface area contributed by atoms with Gasteiger partial charge in [-0.25, -0.2) is 4.79 Å². The van der Waals surface area contributed by atoms with E-state index in [9.17, 15) is 9.59 Å². The van der Waals surface area contributed by atoms with Crippen LogP contribution in [-0.2, 0) is 22.7 Å². The first-order valence-electron chi connectivity index (χ1n) is 8.91.